The van der Waals surface area contributed by atoms with Crippen LogP contribution < -0.4 is 16.4 Å². The molecule has 0 aliphatic carbocycles. The predicted octanol–water partition coefficient (Wildman–Crippen LogP) is -0.563. The monoisotopic (exact) mass is 243 g/mol. The number of carboxylic acids is 1. The SMILES string of the molecule is NCCCCCC(=O)NC1CNC(C(=O)O)C1. The summed E-state index contributed by atoms with van der Waals surface area (Å²) >= 11 is 0. The molecule has 1 heterocycles. The lowest BCUT2D eigenvalue weighted by atomic mass is 10.1. The molecule has 6 nitrogen and oxygen atoms in total. The second kappa shape index (κ2) is 7.24. The van der Waals surface area contributed by atoms with Crippen LogP contribution in [0.3, 0.4) is 0 Å². The molecule has 6 heteroatoms. The molecule has 1 rings (SSSR count). The van der Waals surface area contributed by atoms with E-state index >= 15 is 0 Å². The van der Waals surface area contributed by atoms with Crippen LogP contribution in [0.5, 0.6) is 0 Å². The van der Waals surface area contributed by atoms with Crippen molar-refractivity contribution in [1.82, 2.24) is 10.6 Å². The van der Waals surface area contributed by atoms with Crippen LogP contribution in [0, 0.1) is 0 Å². The molecule has 0 spiro atoms. The maximum atomic E-state index is 11.5. The third-order valence-electron chi connectivity index (χ3n) is 2.90. The van der Waals surface area contributed by atoms with Crippen LogP contribution in [0.1, 0.15) is 32.1 Å². The molecule has 1 amide bonds. The zero-order valence-electron chi connectivity index (χ0n) is 9.95. The molecule has 0 radical (unpaired) electrons. The molecule has 2 atom stereocenters. The molecule has 98 valence electrons. The number of carbonyl (C=O) groups excluding carboxylic acids is 1. The van der Waals surface area contributed by atoms with E-state index in [-0.39, 0.29) is 11.9 Å². The quantitative estimate of drug-likeness (QED) is 0.449. The van der Waals surface area contributed by atoms with E-state index in [9.17, 15) is 9.59 Å². The maximum absolute atomic E-state index is 11.5. The van der Waals surface area contributed by atoms with Gasteiger partial charge < -0.3 is 21.5 Å². The minimum atomic E-state index is -0.857. The first-order valence-corrected chi connectivity index (χ1v) is 6.09. The number of aliphatic carboxylic acids is 1. The molecule has 17 heavy (non-hydrogen) atoms. The van der Waals surface area contributed by atoms with Crippen molar-refractivity contribution in [1.29, 1.82) is 0 Å². The number of carbonyl (C=O) groups is 2. The molecule has 5 N–H and O–H groups in total. The van der Waals surface area contributed by atoms with E-state index < -0.39 is 12.0 Å². The second-order valence-electron chi connectivity index (χ2n) is 4.40. The summed E-state index contributed by atoms with van der Waals surface area (Å²) < 4.78 is 0. The van der Waals surface area contributed by atoms with E-state index in [0.717, 1.165) is 19.3 Å². The minimum Gasteiger partial charge on any atom is -0.480 e. The largest absolute Gasteiger partial charge is 0.480 e. The molecule has 1 aliphatic heterocycles. The molecule has 1 aliphatic rings. The minimum absolute atomic E-state index is 0.000129. The second-order valence-corrected chi connectivity index (χ2v) is 4.40. The summed E-state index contributed by atoms with van der Waals surface area (Å²) in [6, 6.07) is -0.587. The fraction of sp³-hybridized carbons (Fsp3) is 0.818. The zero-order valence-corrected chi connectivity index (χ0v) is 9.95. The normalized spacial score (nSPS) is 23.6. The Bertz CT molecular complexity index is 271. The molecule has 0 saturated carbocycles. The standard InChI is InChI=1S/C11H21N3O3/c12-5-3-1-2-4-10(15)14-8-6-9(11(16)17)13-7-8/h8-9,13H,1-7,12H2,(H,14,15)(H,16,17). The van der Waals surface area contributed by atoms with Crippen LogP contribution in [-0.2, 0) is 9.59 Å². The van der Waals surface area contributed by atoms with Crippen molar-refractivity contribution in [2.45, 2.75) is 44.2 Å². The Labute approximate surface area is 101 Å². The first kappa shape index (κ1) is 13.9. The zero-order chi connectivity index (χ0) is 12.7. The van der Waals surface area contributed by atoms with Crippen molar-refractivity contribution in [3.05, 3.63) is 0 Å². The van der Waals surface area contributed by atoms with Gasteiger partial charge in [0.05, 0.1) is 0 Å². The topological polar surface area (TPSA) is 104 Å². The molecular weight excluding hydrogens is 222 g/mol. The average molecular weight is 243 g/mol. The third-order valence-corrected chi connectivity index (χ3v) is 2.90. The summed E-state index contributed by atoms with van der Waals surface area (Å²) in [5.74, 6) is -0.857. The maximum Gasteiger partial charge on any atom is 0.320 e. The van der Waals surface area contributed by atoms with Crippen LogP contribution in [0.4, 0.5) is 0 Å². The van der Waals surface area contributed by atoms with Crippen molar-refractivity contribution in [3.63, 3.8) is 0 Å². The average Bonchev–Trinajstić information content (AvgIpc) is 2.73. The molecule has 1 saturated heterocycles. The molecule has 1 fully saturated rings. The first-order valence-electron chi connectivity index (χ1n) is 6.09. The van der Waals surface area contributed by atoms with Crippen LogP contribution in [0.2, 0.25) is 0 Å². The third kappa shape index (κ3) is 5.14. The van der Waals surface area contributed by atoms with Gasteiger partial charge in [-0.1, -0.05) is 6.42 Å². The molecule has 0 aromatic heterocycles. The number of nitrogens with two attached hydrogens (primary N) is 1. The van der Waals surface area contributed by atoms with E-state index in [1.807, 2.05) is 0 Å². The van der Waals surface area contributed by atoms with E-state index in [1.165, 1.54) is 0 Å². The summed E-state index contributed by atoms with van der Waals surface area (Å²) in [6.45, 7) is 1.19. The highest BCUT2D eigenvalue weighted by atomic mass is 16.4. The van der Waals surface area contributed by atoms with Gasteiger partial charge in [-0.2, -0.15) is 0 Å². The fourth-order valence-corrected chi connectivity index (χ4v) is 1.94. The number of amides is 1. The Balaban J connectivity index is 2.13. The lowest BCUT2D eigenvalue weighted by molar-refractivity contribution is -0.139. The van der Waals surface area contributed by atoms with Crippen LogP contribution in [-0.4, -0.2) is 42.2 Å². The Hall–Kier alpha value is -1.14. The van der Waals surface area contributed by atoms with Crippen molar-refractivity contribution >= 4 is 11.9 Å². The van der Waals surface area contributed by atoms with Gasteiger partial charge in [0, 0.05) is 19.0 Å². The van der Waals surface area contributed by atoms with Gasteiger partial charge in [0.15, 0.2) is 0 Å². The van der Waals surface area contributed by atoms with Crippen molar-refractivity contribution < 1.29 is 14.7 Å². The highest BCUT2D eigenvalue weighted by Crippen LogP contribution is 2.07. The highest BCUT2D eigenvalue weighted by molar-refractivity contribution is 5.77. The molecule has 0 aromatic rings. The van der Waals surface area contributed by atoms with Crippen LogP contribution in [0.15, 0.2) is 0 Å². The van der Waals surface area contributed by atoms with Gasteiger partial charge in [-0.05, 0) is 25.8 Å². The Morgan fingerprint density at radius 3 is 2.71 bits per heavy atom. The number of rotatable bonds is 7. The smallest absolute Gasteiger partial charge is 0.320 e. The van der Waals surface area contributed by atoms with Gasteiger partial charge in [0.1, 0.15) is 6.04 Å². The predicted molar refractivity (Wildman–Crippen MR) is 63.5 cm³/mol. The van der Waals surface area contributed by atoms with E-state index in [4.69, 9.17) is 10.8 Å². The first-order chi connectivity index (χ1) is 8.13. The van der Waals surface area contributed by atoms with Crippen molar-refractivity contribution in [3.8, 4) is 0 Å². The molecule has 0 bridgehead atoms. The van der Waals surface area contributed by atoms with Gasteiger partial charge in [0.25, 0.3) is 0 Å². The van der Waals surface area contributed by atoms with Gasteiger partial charge in [-0.15, -0.1) is 0 Å². The number of hydrogen-bond donors (Lipinski definition) is 4. The summed E-state index contributed by atoms with van der Waals surface area (Å²) in [5, 5.41) is 14.5. The van der Waals surface area contributed by atoms with Crippen LogP contribution >= 0.6 is 0 Å². The lowest BCUT2D eigenvalue weighted by Gasteiger charge is -2.11. The van der Waals surface area contributed by atoms with Gasteiger partial charge >= 0.3 is 5.97 Å². The Morgan fingerprint density at radius 1 is 1.35 bits per heavy atom. The number of carboxylic acid groups (broad SMARTS) is 1. The van der Waals surface area contributed by atoms with Gasteiger partial charge in [-0.3, -0.25) is 9.59 Å². The number of hydrogen-bond acceptors (Lipinski definition) is 4. The molecular formula is C11H21N3O3. The Morgan fingerprint density at radius 2 is 2.12 bits per heavy atom. The number of unbranched alkanes of at least 4 members (excludes halogenated alkanes) is 2. The van der Waals surface area contributed by atoms with E-state index in [1.54, 1.807) is 0 Å². The van der Waals surface area contributed by atoms with E-state index in [0.29, 0.717) is 25.9 Å². The number of nitrogens with one attached hydrogen (secondary N) is 2. The molecule has 0 aromatic carbocycles. The fourth-order valence-electron chi connectivity index (χ4n) is 1.94. The summed E-state index contributed by atoms with van der Waals surface area (Å²) in [7, 11) is 0. The summed E-state index contributed by atoms with van der Waals surface area (Å²) in [4.78, 5) is 22.2. The summed E-state index contributed by atoms with van der Waals surface area (Å²) in [5.41, 5.74) is 5.36. The van der Waals surface area contributed by atoms with Crippen molar-refractivity contribution in [2.24, 2.45) is 5.73 Å². The summed E-state index contributed by atoms with van der Waals surface area (Å²) in [6.07, 6.45) is 3.70. The lowest BCUT2D eigenvalue weighted by Crippen LogP contribution is -2.36. The van der Waals surface area contributed by atoms with Crippen LogP contribution in [0.25, 0.3) is 0 Å². The molecule has 2 unspecified atom stereocenters. The van der Waals surface area contributed by atoms with Crippen molar-refractivity contribution in [2.75, 3.05) is 13.1 Å². The van der Waals surface area contributed by atoms with Gasteiger partial charge in [0.2, 0.25) is 5.91 Å². The Kier molecular flexibility index (Phi) is 5.93. The van der Waals surface area contributed by atoms with Gasteiger partial charge in [-0.25, -0.2) is 0 Å². The highest BCUT2D eigenvalue weighted by Gasteiger charge is 2.29. The van der Waals surface area contributed by atoms with E-state index in [2.05, 4.69) is 10.6 Å².